The van der Waals surface area contributed by atoms with Crippen molar-refractivity contribution in [3.8, 4) is 17.1 Å². The maximum Gasteiger partial charge on any atom is 0.154 e. The predicted octanol–water partition coefficient (Wildman–Crippen LogP) is 2.33. The highest BCUT2D eigenvalue weighted by Gasteiger charge is 2.18. The molecule has 0 aliphatic heterocycles. The Hall–Kier alpha value is -2.40. The van der Waals surface area contributed by atoms with Gasteiger partial charge in [0.1, 0.15) is 11.4 Å². The molecule has 1 N–H and O–H groups in total. The molecule has 0 bridgehead atoms. The number of aliphatic hydroxyl groups is 1. The Labute approximate surface area is 110 Å². The average molecular weight is 255 g/mol. The Morgan fingerprint density at radius 3 is 2.74 bits per heavy atom. The van der Waals surface area contributed by atoms with Crippen LogP contribution in [0.5, 0.6) is 0 Å². The van der Waals surface area contributed by atoms with Crippen LogP contribution in [0.2, 0.25) is 0 Å². The molecule has 0 aliphatic carbocycles. The van der Waals surface area contributed by atoms with E-state index in [1.807, 2.05) is 37.3 Å². The second-order valence-electron chi connectivity index (χ2n) is 4.22. The molecule has 0 spiro atoms. The van der Waals surface area contributed by atoms with Crippen LogP contribution in [0, 0.1) is 6.92 Å². The molecule has 0 amide bonds. The van der Waals surface area contributed by atoms with Gasteiger partial charge < -0.3 is 9.52 Å². The molecule has 0 unspecified atom stereocenters. The second kappa shape index (κ2) is 4.70. The van der Waals surface area contributed by atoms with Gasteiger partial charge in [-0.1, -0.05) is 23.4 Å². The van der Waals surface area contributed by atoms with Gasteiger partial charge in [0.2, 0.25) is 0 Å². The molecule has 5 nitrogen and oxygen atoms in total. The summed E-state index contributed by atoms with van der Waals surface area (Å²) in [4.78, 5) is 0. The number of rotatable bonds is 3. The third-order valence-electron chi connectivity index (χ3n) is 2.99. The maximum atomic E-state index is 9.39. The molecule has 96 valence electrons. The van der Waals surface area contributed by atoms with Gasteiger partial charge in [-0.2, -0.15) is 0 Å². The van der Waals surface area contributed by atoms with Crippen LogP contribution in [0.15, 0.2) is 47.1 Å². The van der Waals surface area contributed by atoms with Crippen molar-refractivity contribution in [2.75, 3.05) is 0 Å². The largest absolute Gasteiger partial charge is 0.463 e. The van der Waals surface area contributed by atoms with Crippen LogP contribution in [-0.2, 0) is 6.61 Å². The third-order valence-corrected chi connectivity index (χ3v) is 2.99. The number of furan rings is 1. The lowest BCUT2D eigenvalue weighted by molar-refractivity contribution is 0.277. The highest BCUT2D eigenvalue weighted by atomic mass is 16.3. The van der Waals surface area contributed by atoms with Crippen LogP contribution in [0.25, 0.3) is 17.1 Å². The first-order valence-corrected chi connectivity index (χ1v) is 5.96. The van der Waals surface area contributed by atoms with E-state index in [0.29, 0.717) is 17.1 Å². The van der Waals surface area contributed by atoms with Gasteiger partial charge in [-0.25, -0.2) is 4.68 Å². The summed E-state index contributed by atoms with van der Waals surface area (Å²) in [5.41, 5.74) is 3.17. The highest BCUT2D eigenvalue weighted by Crippen LogP contribution is 2.26. The van der Waals surface area contributed by atoms with Gasteiger partial charge in [-0.15, -0.1) is 5.10 Å². The number of nitrogens with zero attached hydrogens (tertiary/aromatic N) is 3. The smallest absolute Gasteiger partial charge is 0.154 e. The molecule has 0 atom stereocenters. The quantitative estimate of drug-likeness (QED) is 0.780. The van der Waals surface area contributed by atoms with E-state index in [9.17, 15) is 5.11 Å². The summed E-state index contributed by atoms with van der Waals surface area (Å²) in [6, 6.07) is 11.5. The van der Waals surface area contributed by atoms with E-state index >= 15 is 0 Å². The monoisotopic (exact) mass is 255 g/mol. The standard InChI is InChI=1S/C14H13N3O2/c1-10-5-2-3-6-12(10)17-14(11(9-18)15-16-17)13-7-4-8-19-13/h2-8,18H,9H2,1H3. The number of para-hydroxylation sites is 1. The van der Waals surface area contributed by atoms with Crippen LogP contribution in [-0.4, -0.2) is 20.1 Å². The zero-order valence-corrected chi connectivity index (χ0v) is 10.4. The first-order chi connectivity index (χ1) is 9.31. The van der Waals surface area contributed by atoms with Crippen LogP contribution in [0.4, 0.5) is 0 Å². The van der Waals surface area contributed by atoms with E-state index in [2.05, 4.69) is 10.3 Å². The fourth-order valence-corrected chi connectivity index (χ4v) is 2.05. The third kappa shape index (κ3) is 1.94. The molecule has 3 rings (SSSR count). The zero-order valence-electron chi connectivity index (χ0n) is 10.4. The van der Waals surface area contributed by atoms with E-state index in [0.717, 1.165) is 11.3 Å². The fraction of sp³-hybridized carbons (Fsp3) is 0.143. The Kier molecular flexibility index (Phi) is 2.89. The predicted molar refractivity (Wildman–Crippen MR) is 69.7 cm³/mol. The lowest BCUT2D eigenvalue weighted by Crippen LogP contribution is -2.01. The summed E-state index contributed by atoms with van der Waals surface area (Å²) in [5, 5.41) is 17.5. The SMILES string of the molecule is Cc1ccccc1-n1nnc(CO)c1-c1ccco1. The maximum absolute atomic E-state index is 9.39. The lowest BCUT2D eigenvalue weighted by atomic mass is 10.2. The van der Waals surface area contributed by atoms with Crippen LogP contribution >= 0.6 is 0 Å². The van der Waals surface area contributed by atoms with E-state index in [-0.39, 0.29) is 6.61 Å². The Balaban J connectivity index is 2.23. The van der Waals surface area contributed by atoms with E-state index < -0.39 is 0 Å². The Morgan fingerprint density at radius 1 is 1.21 bits per heavy atom. The molecule has 0 saturated heterocycles. The van der Waals surface area contributed by atoms with Crippen LogP contribution in [0.1, 0.15) is 11.3 Å². The number of benzene rings is 1. The van der Waals surface area contributed by atoms with Gasteiger partial charge in [0.15, 0.2) is 5.76 Å². The van der Waals surface area contributed by atoms with Crippen molar-refractivity contribution in [3.05, 3.63) is 53.9 Å². The number of aryl methyl sites for hydroxylation is 1. The zero-order chi connectivity index (χ0) is 13.2. The summed E-state index contributed by atoms with van der Waals surface area (Å²) in [6.45, 7) is 1.82. The molecular weight excluding hydrogens is 242 g/mol. The van der Waals surface area contributed by atoms with E-state index in [4.69, 9.17) is 4.42 Å². The summed E-state index contributed by atoms with van der Waals surface area (Å²) < 4.78 is 7.10. The molecule has 5 heteroatoms. The first-order valence-electron chi connectivity index (χ1n) is 5.96. The molecule has 0 fully saturated rings. The molecule has 0 aliphatic rings. The van der Waals surface area contributed by atoms with E-state index in [1.165, 1.54) is 0 Å². The molecule has 2 aromatic heterocycles. The minimum atomic E-state index is -0.179. The van der Waals surface area contributed by atoms with Gasteiger partial charge in [-0.3, -0.25) is 0 Å². The normalized spacial score (nSPS) is 10.8. The molecular formula is C14H13N3O2. The molecule has 1 aromatic carbocycles. The summed E-state index contributed by atoms with van der Waals surface area (Å²) in [5.74, 6) is 0.636. The van der Waals surface area contributed by atoms with Crippen molar-refractivity contribution in [1.29, 1.82) is 0 Å². The molecule has 3 aromatic rings. The summed E-state index contributed by atoms with van der Waals surface area (Å²) >= 11 is 0. The minimum absolute atomic E-state index is 0.179. The second-order valence-corrected chi connectivity index (χ2v) is 4.22. The number of aliphatic hydroxyl groups excluding tert-OH is 1. The van der Waals surface area contributed by atoms with Gasteiger partial charge in [0.05, 0.1) is 18.6 Å². The van der Waals surface area contributed by atoms with Gasteiger partial charge in [0.25, 0.3) is 0 Å². The van der Waals surface area contributed by atoms with Gasteiger partial charge in [-0.05, 0) is 30.7 Å². The topological polar surface area (TPSA) is 64.1 Å². The van der Waals surface area contributed by atoms with Crippen molar-refractivity contribution in [1.82, 2.24) is 15.0 Å². The molecule has 0 radical (unpaired) electrons. The van der Waals surface area contributed by atoms with Crippen LogP contribution < -0.4 is 0 Å². The highest BCUT2D eigenvalue weighted by molar-refractivity contribution is 5.59. The minimum Gasteiger partial charge on any atom is -0.463 e. The number of hydrogen-bond donors (Lipinski definition) is 1. The van der Waals surface area contributed by atoms with Gasteiger partial charge >= 0.3 is 0 Å². The van der Waals surface area contributed by atoms with E-state index in [1.54, 1.807) is 17.0 Å². The van der Waals surface area contributed by atoms with Crippen LogP contribution in [0.3, 0.4) is 0 Å². The lowest BCUT2D eigenvalue weighted by Gasteiger charge is -2.08. The Morgan fingerprint density at radius 2 is 2.05 bits per heavy atom. The Bertz CT molecular complexity index is 687. The molecule has 19 heavy (non-hydrogen) atoms. The van der Waals surface area contributed by atoms with Crippen molar-refractivity contribution < 1.29 is 9.52 Å². The average Bonchev–Trinajstić information content (AvgIpc) is 3.07. The number of hydrogen-bond acceptors (Lipinski definition) is 4. The fourth-order valence-electron chi connectivity index (χ4n) is 2.05. The first kappa shape index (κ1) is 11.7. The van der Waals surface area contributed by atoms with Crippen molar-refractivity contribution in [2.24, 2.45) is 0 Å². The molecule has 2 heterocycles. The summed E-state index contributed by atoms with van der Waals surface area (Å²) in [7, 11) is 0. The van der Waals surface area contributed by atoms with Crippen molar-refractivity contribution >= 4 is 0 Å². The molecule has 0 saturated carbocycles. The van der Waals surface area contributed by atoms with Gasteiger partial charge in [0, 0.05) is 0 Å². The summed E-state index contributed by atoms with van der Waals surface area (Å²) in [6.07, 6.45) is 1.59. The van der Waals surface area contributed by atoms with Crippen molar-refractivity contribution in [3.63, 3.8) is 0 Å². The van der Waals surface area contributed by atoms with Crippen molar-refractivity contribution in [2.45, 2.75) is 13.5 Å². The number of aromatic nitrogens is 3.